The van der Waals surface area contributed by atoms with Crippen molar-refractivity contribution in [3.63, 3.8) is 0 Å². The van der Waals surface area contributed by atoms with E-state index >= 15 is 24.0 Å². The molecule has 0 aromatic rings. The first-order valence-electron chi connectivity index (χ1n) is 37.8. The predicted octanol–water partition coefficient (Wildman–Crippen LogP) is 5.72. The largest absolute Gasteiger partial charge is 0.393 e. The van der Waals surface area contributed by atoms with Gasteiger partial charge in [0.15, 0.2) is 0 Å². The summed E-state index contributed by atoms with van der Waals surface area (Å²) in [6, 6.07) is -8.77. The zero-order valence-electron chi connectivity index (χ0n) is 62.6. The van der Waals surface area contributed by atoms with E-state index in [4.69, 9.17) is 16.3 Å². The second kappa shape index (κ2) is 37.1. The Morgan fingerprint density at radius 3 is 1.82 bits per heavy atom. The summed E-state index contributed by atoms with van der Waals surface area (Å²) in [5, 5.41) is 7.61. The Balaban J connectivity index is 1.29. The van der Waals surface area contributed by atoms with Crippen molar-refractivity contribution in [2.75, 3.05) is 95.2 Å². The highest BCUT2D eigenvalue weighted by Gasteiger charge is 2.53. The lowest BCUT2D eigenvalue weighted by atomic mass is 9.78. The van der Waals surface area contributed by atoms with Crippen LogP contribution in [0.15, 0.2) is 0 Å². The Labute approximate surface area is 606 Å². The van der Waals surface area contributed by atoms with Gasteiger partial charge in [0.05, 0.1) is 38.1 Å². The lowest BCUT2D eigenvalue weighted by Crippen LogP contribution is -2.65. The third kappa shape index (κ3) is 20.8. The molecule has 25 nitrogen and oxygen atoms in total. The Kier molecular flexibility index (Phi) is 30.2. The van der Waals surface area contributed by atoms with Gasteiger partial charge in [0.2, 0.25) is 70.9 Å². The average molecular weight is 1460 g/mol. The van der Waals surface area contributed by atoms with Crippen LogP contribution >= 0.6 is 11.6 Å². The molecule has 0 aromatic carbocycles. The molecule has 7 fully saturated rings. The molecule has 29 heteroatoms. The Morgan fingerprint density at radius 1 is 0.618 bits per heavy atom. The minimum absolute atomic E-state index is 0.0183. The van der Waals surface area contributed by atoms with Gasteiger partial charge in [-0.1, -0.05) is 91.9 Å². The number of rotatable bonds is 13. The number of likely N-dealkylation sites (tertiary alicyclic amines) is 1. The van der Waals surface area contributed by atoms with Crippen LogP contribution in [0.25, 0.3) is 0 Å². The minimum atomic E-state index is -4.52. The van der Waals surface area contributed by atoms with Crippen LogP contribution in [0, 0.1) is 35.5 Å². The molecule has 3 saturated heterocycles. The summed E-state index contributed by atoms with van der Waals surface area (Å²) >= 11 is 6.43. The molecule has 4 aliphatic carbocycles. The summed E-state index contributed by atoms with van der Waals surface area (Å²) in [5.41, 5.74) is -1.60. The molecule has 7 aliphatic rings. The third-order valence-electron chi connectivity index (χ3n) is 23.4. The predicted molar refractivity (Wildman–Crippen MR) is 376 cm³/mol. The normalized spacial score (nSPS) is 30.3. The maximum absolute atomic E-state index is 15.8. The number of nitrogens with one attached hydrogen (secondary N) is 3. The first kappa shape index (κ1) is 83.0. The van der Waals surface area contributed by atoms with E-state index in [1.54, 1.807) is 18.7 Å². The van der Waals surface area contributed by atoms with Gasteiger partial charge >= 0.3 is 6.18 Å². The van der Waals surface area contributed by atoms with Gasteiger partial charge in [0.25, 0.3) is 0 Å². The molecule has 0 bridgehead atoms. The number of ether oxygens (including phenoxy) is 1. The molecule has 102 heavy (non-hydrogen) atoms. The van der Waals surface area contributed by atoms with E-state index < -0.39 is 180 Å². The fourth-order valence-electron chi connectivity index (χ4n) is 16.8. The Morgan fingerprint density at radius 2 is 1.23 bits per heavy atom. The van der Waals surface area contributed by atoms with Crippen LogP contribution in [0.1, 0.15) is 195 Å². The van der Waals surface area contributed by atoms with Crippen molar-refractivity contribution in [3.8, 4) is 0 Å². The number of hydrogen-bond acceptors (Lipinski definition) is 13. The van der Waals surface area contributed by atoms with Crippen molar-refractivity contribution >= 4 is 82.5 Å². The van der Waals surface area contributed by atoms with Crippen molar-refractivity contribution in [2.45, 2.75) is 261 Å². The Hall–Kier alpha value is -6.32. The van der Waals surface area contributed by atoms with E-state index in [0.29, 0.717) is 58.0 Å². The SMILES string of the molecule is CCO[C@@H]1C[C@H]2C(=O)NC3(CCCC3)C(=O)N(C)[C@@H](C3CCCC3)C(=O)N(C)[C@H](C(=O)N3CCCC3)CC(=O)N(C)[C@@H](CC(C)C)C(=O)N[C@@H]([C@@H](C)CC)C(=O)N(C)CC(=O)N(C)CC(=O)N(C)[C@@H](CC3CCCCC3)C(=O)N(C)CC(=O)N[C@@H](CCC3CCC(C(F)(F)F)C(Cl)C3)C(=O)N2C1. The smallest absolute Gasteiger partial charge is 0.377 e. The molecule has 3 unspecified atom stereocenters. The molecular weight excluding hydrogens is 1350 g/mol. The number of halogens is 4. The van der Waals surface area contributed by atoms with Crippen LogP contribution < -0.4 is 16.0 Å². The molecule has 1 spiro atoms. The van der Waals surface area contributed by atoms with Crippen molar-refractivity contribution in [1.82, 2.24) is 60.0 Å². The van der Waals surface area contributed by atoms with Gasteiger partial charge < -0.3 is 64.8 Å². The van der Waals surface area contributed by atoms with Crippen molar-refractivity contribution in [3.05, 3.63) is 0 Å². The van der Waals surface area contributed by atoms with Crippen molar-refractivity contribution in [1.29, 1.82) is 0 Å². The van der Waals surface area contributed by atoms with Crippen LogP contribution in [0.5, 0.6) is 0 Å². The maximum Gasteiger partial charge on any atom is 0.393 e. The average Bonchev–Trinajstić information content (AvgIpc) is 1.50. The zero-order valence-corrected chi connectivity index (χ0v) is 63.4. The number of carbonyl (C=O) groups is 12. The highest BCUT2D eigenvalue weighted by atomic mass is 35.5. The molecule has 0 radical (unpaired) electrons. The van der Waals surface area contributed by atoms with Gasteiger partial charge in [-0.2, -0.15) is 13.2 Å². The second-order valence-electron chi connectivity index (χ2n) is 31.2. The van der Waals surface area contributed by atoms with Crippen LogP contribution in [0.3, 0.4) is 0 Å². The molecule has 0 aromatic heterocycles. The highest BCUT2D eigenvalue weighted by Crippen LogP contribution is 2.44. The van der Waals surface area contributed by atoms with Gasteiger partial charge in [0, 0.05) is 87.4 Å². The number of likely N-dealkylation sites (N-methyl/N-ethyl adjacent to an activating group) is 7. The third-order valence-corrected chi connectivity index (χ3v) is 23.8. The Bertz CT molecular complexity index is 2960. The topological polar surface area (TPSA) is 279 Å². The molecule has 3 N–H and O–H groups in total. The molecule has 3 heterocycles. The molecule has 12 amide bonds. The van der Waals surface area contributed by atoms with E-state index in [1.807, 2.05) is 20.8 Å². The first-order valence-corrected chi connectivity index (χ1v) is 38.2. The van der Waals surface area contributed by atoms with Crippen LogP contribution in [0.4, 0.5) is 13.2 Å². The fourth-order valence-corrected chi connectivity index (χ4v) is 17.3. The number of carbonyl (C=O) groups excluding carboxylic acids is 12. The molecular formula is C73H118ClF3N12O13. The lowest BCUT2D eigenvalue weighted by molar-refractivity contribution is -0.182. The number of amides is 12. The summed E-state index contributed by atoms with van der Waals surface area (Å²) in [4.78, 5) is 192. The van der Waals surface area contributed by atoms with E-state index in [0.717, 1.165) is 59.6 Å². The quantitative estimate of drug-likeness (QED) is 0.186. The highest BCUT2D eigenvalue weighted by molar-refractivity contribution is 6.21. The minimum Gasteiger partial charge on any atom is -0.377 e. The maximum atomic E-state index is 15.8. The monoisotopic (exact) mass is 1460 g/mol. The van der Waals surface area contributed by atoms with Crippen LogP contribution in [0.2, 0.25) is 0 Å². The van der Waals surface area contributed by atoms with E-state index in [2.05, 4.69) is 16.0 Å². The first-order chi connectivity index (χ1) is 48.1. The van der Waals surface area contributed by atoms with E-state index in [-0.39, 0.29) is 95.1 Å². The molecule has 12 atom stereocenters. The number of alkyl halides is 4. The van der Waals surface area contributed by atoms with E-state index in [9.17, 15) is 46.7 Å². The van der Waals surface area contributed by atoms with Gasteiger partial charge in [-0.05, 0) is 120 Å². The summed E-state index contributed by atoms with van der Waals surface area (Å²) < 4.78 is 48.3. The van der Waals surface area contributed by atoms with Crippen LogP contribution in [-0.2, 0) is 62.3 Å². The van der Waals surface area contributed by atoms with Gasteiger partial charge in [-0.15, -0.1) is 11.6 Å². The van der Waals surface area contributed by atoms with Gasteiger partial charge in [-0.25, -0.2) is 0 Å². The summed E-state index contributed by atoms with van der Waals surface area (Å²) in [6.07, 6.45) is 4.54. The molecule has 3 aliphatic heterocycles. The fraction of sp³-hybridized carbons (Fsp3) is 0.836. The zero-order chi connectivity index (χ0) is 75.2. The molecule has 576 valence electrons. The molecule has 7 rings (SSSR count). The number of fused-ring (bicyclic) bond motifs is 1. The molecule has 4 saturated carbocycles. The summed E-state index contributed by atoms with van der Waals surface area (Å²) in [7, 11) is 10.0. The van der Waals surface area contributed by atoms with Crippen molar-refractivity contribution < 1.29 is 75.4 Å². The summed E-state index contributed by atoms with van der Waals surface area (Å²) in [5.74, 6) is -10.8. The van der Waals surface area contributed by atoms with E-state index in [1.165, 1.54) is 73.8 Å². The van der Waals surface area contributed by atoms with Gasteiger partial charge in [0.1, 0.15) is 47.8 Å². The van der Waals surface area contributed by atoms with Gasteiger partial charge in [-0.3, -0.25) is 57.5 Å². The van der Waals surface area contributed by atoms with Crippen molar-refractivity contribution in [2.24, 2.45) is 35.5 Å². The van der Waals surface area contributed by atoms with Crippen LogP contribution in [-0.4, -0.2) is 276 Å². The lowest BCUT2D eigenvalue weighted by Gasteiger charge is -2.42. The summed E-state index contributed by atoms with van der Waals surface area (Å²) in [6.45, 7) is 8.26. The second-order valence-corrected chi connectivity index (χ2v) is 31.7. The standard InChI is InChI=1S/C73H118ClF3N12O13/c1-13-46(5)62-69(99)83(8)43-60(92)81(6)44-61(93)85(10)56(38-47-24-16-15-17-25-47)67(97)82(7)42-58(90)78-53(31-29-48-28-30-51(52(74)37-48)73(75,76)77)66(96)89-41-50(102-14-2)39-55(89)65(95)80-72(32-20-21-33-72)71(101)87(12)63(49-26-18-19-27-49)70(100)86(11)57(68(98)88-34-22-23-35-88)40-59(91)84(9)54(36-45(3)4)64(94)79-62/h45-57,62-63H,13-44H2,1-12H3,(H,78,90)(H,79,94)(H,80,95)/t46-,48?,50+,51?,52?,53-,54-,55-,56-,57-,62-,63-/m0/s1. The number of nitrogens with zero attached hydrogens (tertiary/aromatic N) is 9. The number of hydrogen-bond donors (Lipinski definition) is 3.